The maximum absolute atomic E-state index is 15.7. The molecule has 1 aliphatic heterocycles. The highest BCUT2D eigenvalue weighted by atomic mass is 19.1. The van der Waals surface area contributed by atoms with Gasteiger partial charge in [-0.3, -0.25) is 14.4 Å². The number of rotatable bonds is 5. The van der Waals surface area contributed by atoms with Crippen LogP contribution in [-0.2, 0) is 33.4 Å². The summed E-state index contributed by atoms with van der Waals surface area (Å²) in [5, 5.41) is 2.76. The lowest BCUT2D eigenvalue weighted by atomic mass is 9.46. The van der Waals surface area contributed by atoms with Gasteiger partial charge in [0.05, 0.1) is 6.10 Å². The summed E-state index contributed by atoms with van der Waals surface area (Å²) >= 11 is 0. The molecule has 3 saturated carbocycles. The van der Waals surface area contributed by atoms with Gasteiger partial charge in [0.15, 0.2) is 29.1 Å². The number of carbonyl (C=O) groups excluding carboxylic acids is 3. The maximum atomic E-state index is 15.7. The van der Waals surface area contributed by atoms with E-state index in [-0.39, 0.29) is 36.4 Å². The van der Waals surface area contributed by atoms with Crippen molar-refractivity contribution in [3.8, 4) is 0 Å². The summed E-state index contributed by atoms with van der Waals surface area (Å²) in [7, 11) is 0. The van der Waals surface area contributed by atoms with E-state index in [1.165, 1.54) is 19.1 Å². The fourth-order valence-corrected chi connectivity index (χ4v) is 8.32. The van der Waals surface area contributed by atoms with Gasteiger partial charge < -0.3 is 19.0 Å². The van der Waals surface area contributed by atoms with E-state index >= 15 is 4.39 Å². The molecule has 1 unspecified atom stereocenters. The summed E-state index contributed by atoms with van der Waals surface area (Å²) < 4.78 is 33.4. The number of halogens is 1. The second kappa shape index (κ2) is 8.02. The molecule has 5 aliphatic rings. The molecule has 4 fully saturated rings. The van der Waals surface area contributed by atoms with Crippen molar-refractivity contribution in [1.29, 1.82) is 0 Å². The number of allylic oxidation sites excluding steroid dienone is 4. The first kappa shape index (κ1) is 25.2. The quantitative estimate of drug-likeness (QED) is 0.316. The minimum Gasteiger partial charge on any atom is -0.458 e. The topological polar surface area (TPSA) is 118 Å². The molecule has 9 atom stereocenters. The van der Waals surface area contributed by atoms with Gasteiger partial charge in [-0.15, -0.1) is 4.91 Å². The highest BCUT2D eigenvalue weighted by Crippen LogP contribution is 2.71. The highest BCUT2D eigenvalue weighted by Gasteiger charge is 2.77. The second-order valence-electron chi connectivity index (χ2n) is 11.7. The molecule has 4 aliphatic carbocycles. The molecule has 1 saturated heterocycles. The zero-order valence-corrected chi connectivity index (χ0v) is 21.1. The van der Waals surface area contributed by atoms with E-state index < -0.39 is 59.0 Å². The minimum absolute atomic E-state index is 0.108. The van der Waals surface area contributed by atoms with Crippen molar-refractivity contribution in [2.75, 3.05) is 6.61 Å². The maximum Gasteiger partial charge on any atom is 0.303 e. The van der Waals surface area contributed by atoms with Crippen LogP contribution in [0.2, 0.25) is 0 Å². The Morgan fingerprint density at radius 1 is 1.22 bits per heavy atom. The van der Waals surface area contributed by atoms with Crippen molar-refractivity contribution in [2.45, 2.75) is 83.6 Å². The van der Waals surface area contributed by atoms with Crippen LogP contribution in [0.15, 0.2) is 29.1 Å². The molecule has 0 aromatic heterocycles. The number of hydrogen-bond donors (Lipinski definition) is 0. The van der Waals surface area contributed by atoms with Gasteiger partial charge in [0.25, 0.3) is 0 Å². The minimum atomic E-state index is -1.48. The van der Waals surface area contributed by atoms with E-state index in [4.69, 9.17) is 19.0 Å². The number of Topliss-reactive ketones (excluding diaryl/α,β-unsaturated/α-hetero) is 1. The Labute approximate surface area is 208 Å². The number of carbonyl (C=O) groups is 3. The van der Waals surface area contributed by atoms with Gasteiger partial charge in [0, 0.05) is 23.7 Å². The summed E-state index contributed by atoms with van der Waals surface area (Å²) in [5.74, 6) is -3.28. The largest absolute Gasteiger partial charge is 0.458 e. The lowest BCUT2D eigenvalue weighted by Crippen LogP contribution is -2.64. The average molecular weight is 506 g/mol. The molecular weight excluding hydrogens is 473 g/mol. The normalized spacial score (nSPS) is 46.1. The fraction of sp³-hybridized carbons (Fsp3) is 0.731. The van der Waals surface area contributed by atoms with Crippen molar-refractivity contribution in [2.24, 2.45) is 33.9 Å². The third-order valence-corrected chi connectivity index (χ3v) is 9.45. The predicted molar refractivity (Wildman–Crippen MR) is 123 cm³/mol. The van der Waals surface area contributed by atoms with E-state index in [0.29, 0.717) is 12.0 Å². The SMILES string of the molecule is CC(=O)OCC(=O)[C@@]12OC(C)(C)O[C@@H]1C[C@H]1C3C[C@H](F)C4=CC(=O)C=C[C@]4(C)[C@H]3[C@@H](ON=O)C[C@@]12C. The van der Waals surface area contributed by atoms with Crippen LogP contribution in [-0.4, -0.2) is 53.9 Å². The van der Waals surface area contributed by atoms with Crippen molar-refractivity contribution in [3.63, 3.8) is 0 Å². The van der Waals surface area contributed by atoms with Crippen molar-refractivity contribution in [1.82, 2.24) is 0 Å². The lowest BCUT2D eigenvalue weighted by molar-refractivity contribution is -0.231. The molecule has 0 aromatic rings. The number of ketones is 2. The van der Waals surface area contributed by atoms with Crippen LogP contribution in [0, 0.1) is 33.5 Å². The second-order valence-corrected chi connectivity index (χ2v) is 11.7. The Bertz CT molecular complexity index is 1090. The molecule has 0 N–H and O–H groups in total. The van der Waals surface area contributed by atoms with E-state index in [1.54, 1.807) is 19.9 Å². The molecule has 10 heteroatoms. The van der Waals surface area contributed by atoms with Crippen LogP contribution in [0.5, 0.6) is 0 Å². The predicted octanol–water partition coefficient (Wildman–Crippen LogP) is 3.55. The molecule has 0 spiro atoms. The first-order chi connectivity index (χ1) is 16.8. The summed E-state index contributed by atoms with van der Waals surface area (Å²) in [4.78, 5) is 54.2. The molecule has 0 aromatic carbocycles. The van der Waals surface area contributed by atoms with Gasteiger partial charge in [-0.2, -0.15) is 0 Å². The molecule has 5 rings (SSSR count). The molecular formula is C26H32FNO8. The molecule has 0 amide bonds. The van der Waals surface area contributed by atoms with Crippen molar-refractivity contribution >= 4 is 17.5 Å². The molecule has 0 bridgehead atoms. The van der Waals surface area contributed by atoms with Crippen molar-refractivity contribution < 1.29 is 37.8 Å². The van der Waals surface area contributed by atoms with Gasteiger partial charge in [-0.1, -0.05) is 19.9 Å². The van der Waals surface area contributed by atoms with E-state index in [1.807, 2.05) is 13.8 Å². The van der Waals surface area contributed by atoms with E-state index in [0.717, 1.165) is 0 Å². The summed E-state index contributed by atoms with van der Waals surface area (Å²) in [5.41, 5.74) is -2.88. The summed E-state index contributed by atoms with van der Waals surface area (Å²) in [6.45, 7) is 7.93. The number of ether oxygens (including phenoxy) is 3. The first-order valence-electron chi connectivity index (χ1n) is 12.4. The standard InChI is InChI=1S/C26H32FNO8/c1-13(29)33-12-20(31)26-21(34-23(2,3)36-26)10-16-15-9-18(27)17-8-14(30)6-7-24(17,4)22(15)19(35-28-32)11-25(16,26)5/h6-8,15-16,18-19,21-22H,9-12H2,1-5H3/t15?,16-,18-,19-,21+,22+,24-,25-,26+/m0/s1. The Kier molecular flexibility index (Phi) is 5.61. The number of hydrogen-bond acceptors (Lipinski definition) is 9. The highest BCUT2D eigenvalue weighted by molar-refractivity contribution is 6.01. The number of fused-ring (bicyclic) bond motifs is 7. The van der Waals surface area contributed by atoms with E-state index in [2.05, 4.69) is 5.34 Å². The number of nitrogens with zero attached hydrogens (tertiary/aromatic N) is 1. The van der Waals surface area contributed by atoms with Crippen molar-refractivity contribution in [3.05, 3.63) is 28.7 Å². The van der Waals surface area contributed by atoms with Gasteiger partial charge in [0.2, 0.25) is 5.78 Å². The van der Waals surface area contributed by atoms with Crippen LogP contribution >= 0.6 is 0 Å². The molecule has 1 heterocycles. The lowest BCUT2D eigenvalue weighted by Gasteiger charge is -2.60. The van der Waals surface area contributed by atoms with Crippen LogP contribution in [0.3, 0.4) is 0 Å². The molecule has 36 heavy (non-hydrogen) atoms. The zero-order chi connectivity index (χ0) is 26.3. The third kappa shape index (κ3) is 3.29. The summed E-state index contributed by atoms with van der Waals surface area (Å²) in [6.07, 6.45) is 2.46. The zero-order valence-electron chi connectivity index (χ0n) is 21.1. The number of esters is 1. The van der Waals surface area contributed by atoms with Gasteiger partial charge in [-0.05, 0) is 62.7 Å². The first-order valence-corrected chi connectivity index (χ1v) is 12.4. The van der Waals surface area contributed by atoms with Crippen LogP contribution in [0.1, 0.15) is 53.9 Å². The van der Waals surface area contributed by atoms with Gasteiger partial charge in [-0.25, -0.2) is 4.39 Å². The third-order valence-electron chi connectivity index (χ3n) is 9.45. The van der Waals surface area contributed by atoms with Crippen LogP contribution in [0.4, 0.5) is 4.39 Å². The van der Waals surface area contributed by atoms with E-state index in [9.17, 15) is 19.3 Å². The van der Waals surface area contributed by atoms with Crippen LogP contribution < -0.4 is 0 Å². The van der Waals surface area contributed by atoms with Gasteiger partial charge in [0.1, 0.15) is 12.3 Å². The number of alkyl halides is 1. The summed E-state index contributed by atoms with van der Waals surface area (Å²) in [6, 6.07) is 0. The Hall–Kier alpha value is -2.46. The Morgan fingerprint density at radius 3 is 2.61 bits per heavy atom. The molecule has 0 radical (unpaired) electrons. The van der Waals surface area contributed by atoms with Gasteiger partial charge >= 0.3 is 5.97 Å². The monoisotopic (exact) mass is 505 g/mol. The molecule has 9 nitrogen and oxygen atoms in total. The Morgan fingerprint density at radius 2 is 1.94 bits per heavy atom. The average Bonchev–Trinajstić information content (AvgIpc) is 3.19. The smallest absolute Gasteiger partial charge is 0.303 e. The Balaban J connectivity index is 1.62. The molecule has 196 valence electrons. The van der Waals surface area contributed by atoms with Crippen LogP contribution in [0.25, 0.3) is 0 Å². The fourth-order valence-electron chi connectivity index (χ4n) is 8.32.